The van der Waals surface area contributed by atoms with Crippen LogP contribution >= 0.6 is 15.9 Å². The number of ether oxygens (including phenoxy) is 1. The van der Waals surface area contributed by atoms with Crippen LogP contribution in [0.2, 0.25) is 0 Å². The molecule has 7 nitrogen and oxygen atoms in total. The summed E-state index contributed by atoms with van der Waals surface area (Å²) < 4.78 is 33.7. The molecule has 0 saturated carbocycles. The van der Waals surface area contributed by atoms with Gasteiger partial charge in [0.2, 0.25) is 5.95 Å². The molecule has 0 amide bonds. The van der Waals surface area contributed by atoms with E-state index in [4.69, 9.17) is 4.74 Å². The zero-order chi connectivity index (χ0) is 17.0. The predicted molar refractivity (Wildman–Crippen MR) is 92.5 cm³/mol. The first-order chi connectivity index (χ1) is 10.8. The molecule has 9 heteroatoms. The first-order valence-electron chi connectivity index (χ1n) is 6.78. The maximum absolute atomic E-state index is 12.6. The van der Waals surface area contributed by atoms with Crippen LogP contribution in [0.5, 0.6) is 5.75 Å². The molecule has 0 aliphatic carbocycles. The van der Waals surface area contributed by atoms with E-state index in [1.807, 2.05) is 0 Å². The molecule has 23 heavy (non-hydrogen) atoms. The number of anilines is 2. The summed E-state index contributed by atoms with van der Waals surface area (Å²) in [6.45, 7) is 2.16. The Bertz CT molecular complexity index is 779. The van der Waals surface area contributed by atoms with Gasteiger partial charge in [0.05, 0.1) is 24.7 Å². The topological polar surface area (TPSA) is 84.4 Å². The van der Waals surface area contributed by atoms with Crippen molar-refractivity contribution in [2.75, 3.05) is 30.3 Å². The summed E-state index contributed by atoms with van der Waals surface area (Å²) in [5, 5.41) is 0. The highest BCUT2D eigenvalue weighted by Crippen LogP contribution is 2.29. The van der Waals surface area contributed by atoms with Gasteiger partial charge in [0.15, 0.2) is 0 Å². The Hall–Kier alpha value is -1.87. The normalized spacial score (nSPS) is 11.1. The van der Waals surface area contributed by atoms with Gasteiger partial charge in [-0.05, 0) is 25.1 Å². The van der Waals surface area contributed by atoms with Crippen LogP contribution in [0, 0.1) is 0 Å². The third-order valence-electron chi connectivity index (χ3n) is 2.79. The lowest BCUT2D eigenvalue weighted by Crippen LogP contribution is -2.16. The Labute approximate surface area is 143 Å². The minimum absolute atomic E-state index is 0.0467. The molecule has 0 unspecified atom stereocenters. The van der Waals surface area contributed by atoms with Gasteiger partial charge in [-0.15, -0.1) is 0 Å². The maximum Gasteiger partial charge on any atom is 0.265 e. The van der Waals surface area contributed by atoms with Crippen LogP contribution in [0.4, 0.5) is 11.6 Å². The maximum atomic E-state index is 12.6. The van der Waals surface area contributed by atoms with Crippen LogP contribution in [0.25, 0.3) is 0 Å². The Kier molecular flexibility index (Phi) is 5.42. The van der Waals surface area contributed by atoms with Gasteiger partial charge in [0.25, 0.3) is 10.0 Å². The van der Waals surface area contributed by atoms with Gasteiger partial charge in [-0.2, -0.15) is 0 Å². The number of hydrogen-bond acceptors (Lipinski definition) is 6. The van der Waals surface area contributed by atoms with Gasteiger partial charge in [-0.25, -0.2) is 18.4 Å². The van der Waals surface area contributed by atoms with E-state index in [1.54, 1.807) is 38.1 Å². The summed E-state index contributed by atoms with van der Waals surface area (Å²) in [4.78, 5) is 9.93. The predicted octanol–water partition coefficient (Wildman–Crippen LogP) is 2.50. The molecule has 1 heterocycles. The smallest absolute Gasteiger partial charge is 0.265 e. The van der Waals surface area contributed by atoms with E-state index in [1.165, 1.54) is 18.5 Å². The van der Waals surface area contributed by atoms with Crippen molar-refractivity contribution in [3.05, 3.63) is 35.1 Å². The monoisotopic (exact) mass is 400 g/mol. The van der Waals surface area contributed by atoms with Gasteiger partial charge in [0, 0.05) is 18.6 Å². The minimum atomic E-state index is -3.82. The number of halogens is 1. The standard InChI is InChI=1S/C14H17BrN4O3S/c1-4-22-12-6-5-10(15)7-13(12)23(20,21)18-11-8-16-14(17-9-11)19(2)3/h5-9,18H,4H2,1-3H3. The van der Waals surface area contributed by atoms with Gasteiger partial charge in [-0.1, -0.05) is 15.9 Å². The van der Waals surface area contributed by atoms with Gasteiger partial charge in [0.1, 0.15) is 10.6 Å². The molecule has 0 saturated heterocycles. The average Bonchev–Trinajstić information content (AvgIpc) is 2.49. The zero-order valence-electron chi connectivity index (χ0n) is 12.9. The minimum Gasteiger partial charge on any atom is -0.492 e. The molecule has 0 fully saturated rings. The molecule has 2 rings (SSSR count). The first kappa shape index (κ1) is 17.5. The Morgan fingerprint density at radius 3 is 2.48 bits per heavy atom. The van der Waals surface area contributed by atoms with Crippen molar-refractivity contribution < 1.29 is 13.2 Å². The molecule has 0 atom stereocenters. The number of sulfonamides is 1. The van der Waals surface area contributed by atoms with Crippen LogP contribution in [-0.4, -0.2) is 39.1 Å². The fourth-order valence-electron chi connectivity index (χ4n) is 1.78. The van der Waals surface area contributed by atoms with Crippen molar-refractivity contribution in [1.29, 1.82) is 0 Å². The molecule has 1 N–H and O–H groups in total. The molecule has 0 aliphatic rings. The van der Waals surface area contributed by atoms with Crippen molar-refractivity contribution >= 4 is 37.6 Å². The van der Waals surface area contributed by atoms with Gasteiger partial charge >= 0.3 is 0 Å². The highest BCUT2D eigenvalue weighted by molar-refractivity contribution is 9.10. The summed E-state index contributed by atoms with van der Waals surface area (Å²) in [5.74, 6) is 0.777. The van der Waals surface area contributed by atoms with Crippen LogP contribution in [0.15, 0.2) is 40.0 Å². The van der Waals surface area contributed by atoms with Crippen LogP contribution in [0.3, 0.4) is 0 Å². The lowest BCUT2D eigenvalue weighted by molar-refractivity contribution is 0.331. The summed E-state index contributed by atoms with van der Waals surface area (Å²) >= 11 is 3.27. The summed E-state index contributed by atoms with van der Waals surface area (Å²) in [6, 6.07) is 4.81. The molecular weight excluding hydrogens is 384 g/mol. The van der Waals surface area contributed by atoms with Crippen molar-refractivity contribution in [3.8, 4) is 5.75 Å². The summed E-state index contributed by atoms with van der Waals surface area (Å²) in [7, 11) is -0.219. The molecule has 124 valence electrons. The van der Waals surface area contributed by atoms with Crippen molar-refractivity contribution in [2.45, 2.75) is 11.8 Å². The molecule has 0 radical (unpaired) electrons. The Morgan fingerprint density at radius 2 is 1.91 bits per heavy atom. The number of benzene rings is 1. The Morgan fingerprint density at radius 1 is 1.26 bits per heavy atom. The SMILES string of the molecule is CCOc1ccc(Br)cc1S(=O)(=O)Nc1cnc(N(C)C)nc1. The van der Waals surface area contributed by atoms with Gasteiger partial charge in [-0.3, -0.25) is 4.72 Å². The number of hydrogen-bond donors (Lipinski definition) is 1. The molecule has 2 aromatic rings. The van der Waals surface area contributed by atoms with Crippen molar-refractivity contribution in [1.82, 2.24) is 9.97 Å². The van der Waals surface area contributed by atoms with E-state index in [0.717, 1.165) is 0 Å². The van der Waals surface area contributed by atoms with Crippen LogP contribution < -0.4 is 14.4 Å². The Balaban J connectivity index is 2.33. The van der Waals surface area contributed by atoms with E-state index in [0.29, 0.717) is 17.0 Å². The van der Waals surface area contributed by atoms with Crippen LogP contribution in [-0.2, 0) is 10.0 Å². The highest BCUT2D eigenvalue weighted by Gasteiger charge is 2.20. The van der Waals surface area contributed by atoms with Crippen LogP contribution in [0.1, 0.15) is 6.92 Å². The summed E-state index contributed by atoms with van der Waals surface area (Å²) in [5.41, 5.74) is 0.276. The lowest BCUT2D eigenvalue weighted by Gasteiger charge is -2.13. The van der Waals surface area contributed by atoms with Gasteiger partial charge < -0.3 is 9.64 Å². The molecule has 0 aliphatic heterocycles. The second-order valence-corrected chi connectivity index (χ2v) is 7.36. The quantitative estimate of drug-likeness (QED) is 0.801. The third kappa shape index (κ3) is 4.32. The number of nitrogens with zero attached hydrogens (tertiary/aromatic N) is 3. The van der Waals surface area contributed by atoms with E-state index in [2.05, 4.69) is 30.6 Å². The average molecular weight is 401 g/mol. The second-order valence-electron chi connectivity index (χ2n) is 4.80. The molecule has 0 bridgehead atoms. The zero-order valence-corrected chi connectivity index (χ0v) is 15.3. The largest absolute Gasteiger partial charge is 0.492 e. The van der Waals surface area contributed by atoms with E-state index >= 15 is 0 Å². The third-order valence-corrected chi connectivity index (χ3v) is 4.68. The lowest BCUT2D eigenvalue weighted by atomic mass is 10.3. The molecule has 0 spiro atoms. The first-order valence-corrected chi connectivity index (χ1v) is 9.05. The molecule has 1 aromatic heterocycles. The fraction of sp³-hybridized carbons (Fsp3) is 0.286. The number of aromatic nitrogens is 2. The number of nitrogens with one attached hydrogen (secondary N) is 1. The summed E-state index contributed by atoms with van der Waals surface area (Å²) in [6.07, 6.45) is 2.83. The highest BCUT2D eigenvalue weighted by atomic mass is 79.9. The number of rotatable bonds is 6. The van der Waals surface area contributed by atoms with E-state index in [-0.39, 0.29) is 16.3 Å². The van der Waals surface area contributed by atoms with E-state index < -0.39 is 10.0 Å². The van der Waals surface area contributed by atoms with E-state index in [9.17, 15) is 8.42 Å². The van der Waals surface area contributed by atoms with Crippen molar-refractivity contribution in [2.24, 2.45) is 0 Å². The van der Waals surface area contributed by atoms with Crippen molar-refractivity contribution in [3.63, 3.8) is 0 Å². The second kappa shape index (κ2) is 7.14. The fourth-order valence-corrected chi connectivity index (χ4v) is 3.49. The molecule has 1 aromatic carbocycles. The molecular formula is C14H17BrN4O3S.